The lowest BCUT2D eigenvalue weighted by Crippen LogP contribution is -2.33. The van der Waals surface area contributed by atoms with Gasteiger partial charge in [-0.3, -0.25) is 0 Å². The maximum Gasteiger partial charge on any atom is 0.242 e. The molecule has 2 heterocycles. The van der Waals surface area contributed by atoms with E-state index < -0.39 is 10.0 Å². The number of nitrogens with zero attached hydrogens (tertiary/aromatic N) is 1. The predicted molar refractivity (Wildman–Crippen MR) is 79.5 cm³/mol. The number of rotatable bonds is 6. The van der Waals surface area contributed by atoms with E-state index in [0.29, 0.717) is 18.8 Å². The van der Waals surface area contributed by atoms with Crippen molar-refractivity contribution in [1.82, 2.24) is 9.29 Å². The molecule has 7 heteroatoms. The molecular weight excluding hydrogens is 292 g/mol. The SMILES string of the molecule is CC(C)n1cc(S(=O)(=O)NCC2CCCOC2)cc1CO. The number of sulfonamides is 1. The van der Waals surface area contributed by atoms with Gasteiger partial charge >= 0.3 is 0 Å². The number of ether oxygens (including phenoxy) is 1. The highest BCUT2D eigenvalue weighted by atomic mass is 32.2. The lowest BCUT2D eigenvalue weighted by atomic mass is 10.0. The summed E-state index contributed by atoms with van der Waals surface area (Å²) in [5.74, 6) is 0.234. The van der Waals surface area contributed by atoms with Crippen LogP contribution in [0.3, 0.4) is 0 Å². The number of aromatic nitrogens is 1. The molecule has 1 aliphatic heterocycles. The Kier molecular flexibility index (Phi) is 5.43. The van der Waals surface area contributed by atoms with Crippen molar-refractivity contribution < 1.29 is 18.3 Å². The fourth-order valence-electron chi connectivity index (χ4n) is 2.53. The molecule has 2 N–H and O–H groups in total. The summed E-state index contributed by atoms with van der Waals surface area (Å²) in [6, 6.07) is 1.63. The molecule has 2 rings (SSSR count). The maximum atomic E-state index is 12.3. The second-order valence-corrected chi connectivity index (χ2v) is 7.53. The van der Waals surface area contributed by atoms with Gasteiger partial charge in [-0.1, -0.05) is 0 Å². The molecule has 1 aromatic rings. The van der Waals surface area contributed by atoms with Gasteiger partial charge in [-0.2, -0.15) is 0 Å². The lowest BCUT2D eigenvalue weighted by molar-refractivity contribution is 0.0568. The summed E-state index contributed by atoms with van der Waals surface area (Å²) in [7, 11) is -3.54. The Bertz CT molecular complexity index is 560. The molecule has 1 aliphatic rings. The average molecular weight is 316 g/mol. The minimum Gasteiger partial charge on any atom is -0.390 e. The summed E-state index contributed by atoms with van der Waals surface area (Å²) in [5, 5.41) is 9.33. The first-order valence-corrected chi connectivity index (χ1v) is 8.81. The maximum absolute atomic E-state index is 12.3. The smallest absolute Gasteiger partial charge is 0.242 e. The molecule has 0 amide bonds. The molecule has 21 heavy (non-hydrogen) atoms. The summed E-state index contributed by atoms with van der Waals surface area (Å²) in [6.07, 6.45) is 3.54. The van der Waals surface area contributed by atoms with Crippen molar-refractivity contribution in [3.05, 3.63) is 18.0 Å². The van der Waals surface area contributed by atoms with Crippen LogP contribution < -0.4 is 4.72 Å². The van der Waals surface area contributed by atoms with Gasteiger partial charge in [0.25, 0.3) is 0 Å². The fraction of sp³-hybridized carbons (Fsp3) is 0.714. The number of nitrogens with one attached hydrogen (secondary N) is 1. The molecule has 1 atom stereocenters. The third-order valence-corrected chi connectivity index (χ3v) is 5.14. The molecule has 0 aliphatic carbocycles. The van der Waals surface area contributed by atoms with Crippen LogP contribution in [0.4, 0.5) is 0 Å². The van der Waals surface area contributed by atoms with E-state index in [1.807, 2.05) is 13.8 Å². The number of aliphatic hydroxyl groups is 1. The molecule has 120 valence electrons. The van der Waals surface area contributed by atoms with Gasteiger partial charge in [0.1, 0.15) is 0 Å². The first kappa shape index (κ1) is 16.5. The predicted octanol–water partition coefficient (Wildman–Crippen LogP) is 1.27. The highest BCUT2D eigenvalue weighted by molar-refractivity contribution is 7.89. The van der Waals surface area contributed by atoms with Gasteiger partial charge in [0.15, 0.2) is 0 Å². The van der Waals surface area contributed by atoms with E-state index in [-0.39, 0.29) is 23.5 Å². The summed E-state index contributed by atoms with van der Waals surface area (Å²) in [6.45, 7) is 5.48. The van der Waals surface area contributed by atoms with E-state index in [0.717, 1.165) is 19.4 Å². The molecule has 1 aromatic heterocycles. The van der Waals surface area contributed by atoms with Gasteiger partial charge in [0.05, 0.1) is 18.1 Å². The average Bonchev–Trinajstić information content (AvgIpc) is 2.92. The van der Waals surface area contributed by atoms with E-state index in [1.54, 1.807) is 10.8 Å². The monoisotopic (exact) mass is 316 g/mol. The van der Waals surface area contributed by atoms with Crippen LogP contribution in [0, 0.1) is 5.92 Å². The zero-order valence-electron chi connectivity index (χ0n) is 12.6. The minimum absolute atomic E-state index is 0.0999. The number of aliphatic hydroxyl groups excluding tert-OH is 1. The van der Waals surface area contributed by atoms with E-state index >= 15 is 0 Å². The van der Waals surface area contributed by atoms with Gasteiger partial charge in [-0.05, 0) is 38.7 Å². The highest BCUT2D eigenvalue weighted by Gasteiger charge is 2.21. The van der Waals surface area contributed by atoms with Crippen molar-refractivity contribution in [1.29, 1.82) is 0 Å². The summed E-state index contributed by atoms with van der Waals surface area (Å²) < 4.78 is 34.4. The van der Waals surface area contributed by atoms with E-state index in [2.05, 4.69) is 4.72 Å². The van der Waals surface area contributed by atoms with Crippen molar-refractivity contribution in [2.24, 2.45) is 5.92 Å². The number of hydrogen-bond donors (Lipinski definition) is 2. The Morgan fingerprint density at radius 1 is 1.52 bits per heavy atom. The molecule has 1 saturated heterocycles. The second kappa shape index (κ2) is 6.91. The third kappa shape index (κ3) is 4.06. The Hall–Kier alpha value is -0.890. The molecule has 0 spiro atoms. The Labute approximate surface area is 126 Å². The van der Waals surface area contributed by atoms with Crippen LogP contribution in [-0.2, 0) is 21.4 Å². The largest absolute Gasteiger partial charge is 0.390 e. The summed E-state index contributed by atoms with van der Waals surface area (Å²) >= 11 is 0. The molecule has 1 unspecified atom stereocenters. The first-order chi connectivity index (χ1) is 9.94. The molecule has 1 fully saturated rings. The molecule has 0 bridgehead atoms. The van der Waals surface area contributed by atoms with Crippen molar-refractivity contribution in [2.75, 3.05) is 19.8 Å². The summed E-state index contributed by atoms with van der Waals surface area (Å²) in [5.41, 5.74) is 0.603. The minimum atomic E-state index is -3.54. The van der Waals surface area contributed by atoms with Crippen molar-refractivity contribution >= 4 is 10.0 Å². The zero-order valence-corrected chi connectivity index (χ0v) is 13.4. The summed E-state index contributed by atoms with van der Waals surface area (Å²) in [4.78, 5) is 0.206. The van der Waals surface area contributed by atoms with Crippen LogP contribution in [0.25, 0.3) is 0 Å². The molecule has 0 radical (unpaired) electrons. The van der Waals surface area contributed by atoms with Crippen LogP contribution in [0.1, 0.15) is 38.4 Å². The zero-order chi connectivity index (χ0) is 15.5. The van der Waals surface area contributed by atoms with E-state index in [1.165, 1.54) is 6.07 Å². The second-order valence-electron chi connectivity index (χ2n) is 5.76. The van der Waals surface area contributed by atoms with Gasteiger partial charge < -0.3 is 14.4 Å². The quantitative estimate of drug-likeness (QED) is 0.828. The molecular formula is C14H24N2O4S. The van der Waals surface area contributed by atoms with E-state index in [4.69, 9.17) is 4.74 Å². The van der Waals surface area contributed by atoms with E-state index in [9.17, 15) is 13.5 Å². The van der Waals surface area contributed by atoms with Gasteiger partial charge in [-0.15, -0.1) is 0 Å². The van der Waals surface area contributed by atoms with Crippen LogP contribution in [0.5, 0.6) is 0 Å². The fourth-order valence-corrected chi connectivity index (χ4v) is 3.70. The topological polar surface area (TPSA) is 80.6 Å². The Balaban J connectivity index is 2.08. The van der Waals surface area contributed by atoms with Crippen molar-refractivity contribution in [2.45, 2.75) is 44.2 Å². The van der Waals surface area contributed by atoms with Crippen LogP contribution >= 0.6 is 0 Å². The van der Waals surface area contributed by atoms with Crippen molar-refractivity contribution in [3.8, 4) is 0 Å². The molecule has 0 aromatic carbocycles. The molecule has 0 saturated carbocycles. The lowest BCUT2D eigenvalue weighted by Gasteiger charge is -2.22. The highest BCUT2D eigenvalue weighted by Crippen LogP contribution is 2.20. The first-order valence-electron chi connectivity index (χ1n) is 7.33. The molecule has 6 nitrogen and oxygen atoms in total. The van der Waals surface area contributed by atoms with Crippen LogP contribution in [0.2, 0.25) is 0 Å². The van der Waals surface area contributed by atoms with Gasteiger partial charge in [-0.25, -0.2) is 13.1 Å². The normalized spacial score (nSPS) is 20.1. The third-order valence-electron chi connectivity index (χ3n) is 3.75. The number of hydrogen-bond acceptors (Lipinski definition) is 4. The van der Waals surface area contributed by atoms with Crippen LogP contribution in [-0.4, -0.2) is 37.8 Å². The van der Waals surface area contributed by atoms with Crippen LogP contribution in [0.15, 0.2) is 17.2 Å². The van der Waals surface area contributed by atoms with Crippen molar-refractivity contribution in [3.63, 3.8) is 0 Å². The standard InChI is InChI=1S/C14H24N2O4S/c1-11(2)16-8-14(6-13(16)9-17)21(18,19)15-7-12-4-3-5-20-10-12/h6,8,11-12,15,17H,3-5,7,9-10H2,1-2H3. The Morgan fingerprint density at radius 2 is 2.29 bits per heavy atom. The van der Waals surface area contributed by atoms with Gasteiger partial charge in [0, 0.05) is 31.1 Å². The Morgan fingerprint density at radius 3 is 2.81 bits per heavy atom. The van der Waals surface area contributed by atoms with Gasteiger partial charge in [0.2, 0.25) is 10.0 Å².